The number of benzene rings is 1. The van der Waals surface area contributed by atoms with Gasteiger partial charge in [0, 0.05) is 0 Å². The fraction of sp³-hybridized carbons (Fsp3) is 0.562. The average molecular weight is 327 g/mol. The van der Waals surface area contributed by atoms with E-state index in [-0.39, 0.29) is 10.6 Å². The minimum Gasteiger partial charge on any atom is -0.494 e. The molecular weight excluding hydrogens is 304 g/mol. The molecule has 0 saturated carbocycles. The van der Waals surface area contributed by atoms with E-state index in [2.05, 4.69) is 22.9 Å². The summed E-state index contributed by atoms with van der Waals surface area (Å²) >= 11 is 3.38. The summed E-state index contributed by atoms with van der Waals surface area (Å²) in [6.45, 7) is 4.60. The van der Waals surface area contributed by atoms with Gasteiger partial charge in [-0.1, -0.05) is 54.2 Å². The third-order valence-electron chi connectivity index (χ3n) is 3.05. The van der Waals surface area contributed by atoms with Gasteiger partial charge < -0.3 is 4.74 Å². The number of alkyl halides is 1. The minimum absolute atomic E-state index is 0.0895. The van der Waals surface area contributed by atoms with Crippen molar-refractivity contribution in [1.82, 2.24) is 0 Å². The van der Waals surface area contributed by atoms with Crippen molar-refractivity contribution in [2.45, 2.75) is 50.8 Å². The second-order valence-corrected chi connectivity index (χ2v) is 5.94. The first-order valence-electron chi connectivity index (χ1n) is 6.99. The molecule has 0 aliphatic carbocycles. The maximum atomic E-state index is 11.2. The summed E-state index contributed by atoms with van der Waals surface area (Å²) in [6.07, 6.45) is 5.60. The van der Waals surface area contributed by atoms with Crippen LogP contribution in [-0.2, 0) is 11.2 Å². The van der Waals surface area contributed by atoms with Crippen molar-refractivity contribution in [2.24, 2.45) is 0 Å². The van der Waals surface area contributed by atoms with Crippen LogP contribution >= 0.6 is 15.9 Å². The van der Waals surface area contributed by atoms with Gasteiger partial charge >= 0.3 is 0 Å². The van der Waals surface area contributed by atoms with Gasteiger partial charge in [-0.05, 0) is 37.5 Å². The Hall–Kier alpha value is -0.830. The number of rotatable bonds is 9. The molecule has 0 aliphatic rings. The minimum atomic E-state index is -0.0895. The summed E-state index contributed by atoms with van der Waals surface area (Å²) < 4.78 is 5.68. The molecular formula is C16H23BrO2. The number of hydrogen-bond donors (Lipinski definition) is 0. The number of ketones is 1. The van der Waals surface area contributed by atoms with Gasteiger partial charge in [-0.15, -0.1) is 0 Å². The van der Waals surface area contributed by atoms with Crippen molar-refractivity contribution in [3.8, 4) is 5.75 Å². The Kier molecular flexibility index (Phi) is 7.80. The number of carbonyl (C=O) groups is 1. The van der Waals surface area contributed by atoms with Crippen LogP contribution in [0.2, 0.25) is 0 Å². The molecule has 1 aromatic rings. The van der Waals surface area contributed by atoms with Gasteiger partial charge in [-0.3, -0.25) is 4.79 Å². The predicted molar refractivity (Wildman–Crippen MR) is 83.2 cm³/mol. The van der Waals surface area contributed by atoms with Crippen molar-refractivity contribution in [3.05, 3.63) is 29.8 Å². The summed E-state index contributed by atoms with van der Waals surface area (Å²) in [5.74, 6) is 1.07. The van der Waals surface area contributed by atoms with Crippen molar-refractivity contribution in [1.29, 1.82) is 0 Å². The molecule has 0 aromatic heterocycles. The zero-order chi connectivity index (χ0) is 14.1. The third-order valence-corrected chi connectivity index (χ3v) is 4.01. The van der Waals surface area contributed by atoms with Crippen LogP contribution in [-0.4, -0.2) is 17.2 Å². The fourth-order valence-corrected chi connectivity index (χ4v) is 2.17. The Labute approximate surface area is 124 Å². The van der Waals surface area contributed by atoms with Gasteiger partial charge in [0.1, 0.15) is 11.5 Å². The Morgan fingerprint density at radius 1 is 1.21 bits per heavy atom. The summed E-state index contributed by atoms with van der Waals surface area (Å²) in [5.41, 5.74) is 1.15. The Morgan fingerprint density at radius 3 is 2.47 bits per heavy atom. The monoisotopic (exact) mass is 326 g/mol. The van der Waals surface area contributed by atoms with E-state index in [0.717, 1.165) is 30.8 Å². The molecule has 0 saturated heterocycles. The molecule has 19 heavy (non-hydrogen) atoms. The highest BCUT2D eigenvalue weighted by molar-refractivity contribution is 9.10. The first-order chi connectivity index (χ1) is 9.13. The molecule has 0 spiro atoms. The molecule has 3 heteroatoms. The SMILES string of the molecule is CCCCCCOc1ccc(CC(Br)C(C)=O)cc1. The maximum absolute atomic E-state index is 11.2. The molecule has 1 rings (SSSR count). The van der Waals surface area contributed by atoms with Gasteiger partial charge in [-0.2, -0.15) is 0 Å². The summed E-state index contributed by atoms with van der Waals surface area (Å²) in [6, 6.07) is 8.02. The number of ether oxygens (including phenoxy) is 1. The standard InChI is InChI=1S/C16H23BrO2/c1-3-4-5-6-11-19-15-9-7-14(8-10-15)12-16(17)13(2)18/h7-10,16H,3-6,11-12H2,1-2H3. The highest BCUT2D eigenvalue weighted by Gasteiger charge is 2.10. The molecule has 0 aliphatic heterocycles. The van der Waals surface area contributed by atoms with E-state index < -0.39 is 0 Å². The average Bonchev–Trinajstić information content (AvgIpc) is 2.40. The van der Waals surface area contributed by atoms with Gasteiger partial charge in [0.2, 0.25) is 0 Å². The van der Waals surface area contributed by atoms with Crippen LogP contribution in [0.25, 0.3) is 0 Å². The third kappa shape index (κ3) is 6.76. The molecule has 0 radical (unpaired) electrons. The summed E-state index contributed by atoms with van der Waals surface area (Å²) in [5, 5.41) is 0. The number of Topliss-reactive ketones (excluding diaryl/α,β-unsaturated/α-hetero) is 1. The van der Waals surface area contributed by atoms with Crippen molar-refractivity contribution >= 4 is 21.7 Å². The van der Waals surface area contributed by atoms with E-state index in [9.17, 15) is 4.79 Å². The van der Waals surface area contributed by atoms with Crippen LogP contribution in [0.5, 0.6) is 5.75 Å². The fourth-order valence-electron chi connectivity index (χ4n) is 1.79. The van der Waals surface area contributed by atoms with Gasteiger partial charge in [0.05, 0.1) is 11.4 Å². The number of hydrogen-bond acceptors (Lipinski definition) is 2. The highest BCUT2D eigenvalue weighted by Crippen LogP contribution is 2.16. The molecule has 1 atom stereocenters. The molecule has 1 aromatic carbocycles. The first kappa shape index (κ1) is 16.2. The number of unbranched alkanes of at least 4 members (excludes halogenated alkanes) is 3. The van der Waals surface area contributed by atoms with Crippen molar-refractivity contribution in [2.75, 3.05) is 6.61 Å². The van der Waals surface area contributed by atoms with Gasteiger partial charge in [0.15, 0.2) is 0 Å². The maximum Gasteiger partial charge on any atom is 0.143 e. The molecule has 0 amide bonds. The quantitative estimate of drug-likeness (QED) is 0.492. The lowest BCUT2D eigenvalue weighted by Gasteiger charge is -2.08. The predicted octanol–water partition coefficient (Wildman–Crippen LogP) is 4.54. The highest BCUT2D eigenvalue weighted by atomic mass is 79.9. The molecule has 0 N–H and O–H groups in total. The molecule has 0 fully saturated rings. The van der Waals surface area contributed by atoms with Crippen LogP contribution < -0.4 is 4.74 Å². The lowest BCUT2D eigenvalue weighted by molar-refractivity contribution is -0.116. The smallest absolute Gasteiger partial charge is 0.143 e. The molecule has 0 heterocycles. The molecule has 106 valence electrons. The molecule has 0 bridgehead atoms. The number of carbonyl (C=O) groups excluding carboxylic acids is 1. The van der Waals surface area contributed by atoms with E-state index in [4.69, 9.17) is 4.74 Å². The van der Waals surface area contributed by atoms with E-state index >= 15 is 0 Å². The second kappa shape index (κ2) is 9.13. The van der Waals surface area contributed by atoms with Crippen molar-refractivity contribution < 1.29 is 9.53 Å². The summed E-state index contributed by atoms with van der Waals surface area (Å²) in [7, 11) is 0. The molecule has 1 unspecified atom stereocenters. The van der Waals surface area contributed by atoms with Crippen LogP contribution in [0, 0.1) is 0 Å². The van der Waals surface area contributed by atoms with Crippen molar-refractivity contribution in [3.63, 3.8) is 0 Å². The zero-order valence-electron chi connectivity index (χ0n) is 11.8. The van der Waals surface area contributed by atoms with E-state index in [1.54, 1.807) is 6.92 Å². The van der Waals surface area contributed by atoms with Crippen LogP contribution in [0.1, 0.15) is 45.1 Å². The van der Waals surface area contributed by atoms with E-state index in [1.165, 1.54) is 19.3 Å². The first-order valence-corrected chi connectivity index (χ1v) is 7.91. The lowest BCUT2D eigenvalue weighted by Crippen LogP contribution is -2.12. The zero-order valence-corrected chi connectivity index (χ0v) is 13.4. The van der Waals surface area contributed by atoms with Gasteiger partial charge in [-0.25, -0.2) is 0 Å². The Morgan fingerprint density at radius 2 is 1.89 bits per heavy atom. The van der Waals surface area contributed by atoms with Gasteiger partial charge in [0.25, 0.3) is 0 Å². The normalized spacial score (nSPS) is 12.2. The Balaban J connectivity index is 2.33. The lowest BCUT2D eigenvalue weighted by atomic mass is 10.1. The van der Waals surface area contributed by atoms with Crippen LogP contribution in [0.4, 0.5) is 0 Å². The largest absolute Gasteiger partial charge is 0.494 e. The van der Waals surface area contributed by atoms with E-state index in [0.29, 0.717) is 0 Å². The van der Waals surface area contributed by atoms with Crippen LogP contribution in [0.3, 0.4) is 0 Å². The van der Waals surface area contributed by atoms with Crippen LogP contribution in [0.15, 0.2) is 24.3 Å². The second-order valence-electron chi connectivity index (χ2n) is 4.84. The topological polar surface area (TPSA) is 26.3 Å². The molecule has 2 nitrogen and oxygen atoms in total. The van der Waals surface area contributed by atoms with E-state index in [1.807, 2.05) is 24.3 Å². The summed E-state index contributed by atoms with van der Waals surface area (Å²) in [4.78, 5) is 11.1. The number of halogens is 1. The Bertz CT molecular complexity index is 373.